The second-order valence-electron chi connectivity index (χ2n) is 4.17. The van der Waals surface area contributed by atoms with E-state index in [0.29, 0.717) is 0 Å². The van der Waals surface area contributed by atoms with Crippen molar-refractivity contribution in [2.75, 3.05) is 0 Å². The first-order chi connectivity index (χ1) is 8.30. The summed E-state index contributed by atoms with van der Waals surface area (Å²) in [7, 11) is 0. The number of nitrogens with zero attached hydrogens (tertiary/aromatic N) is 1. The third-order valence-electron chi connectivity index (χ3n) is 2.65. The van der Waals surface area contributed by atoms with Crippen molar-refractivity contribution in [3.05, 3.63) is 35.8 Å². The fourth-order valence-electron chi connectivity index (χ4n) is 1.98. The van der Waals surface area contributed by atoms with Crippen LogP contribution in [0.3, 0.4) is 0 Å². The molecule has 6 heteroatoms. The molecule has 0 fully saturated rings. The maximum absolute atomic E-state index is 13.3. The molecule has 0 unspecified atom stereocenters. The minimum atomic E-state index is -4.74. The average Bonchev–Trinajstić information content (AvgIpc) is 2.58. The maximum atomic E-state index is 13.3. The number of hydrogen-bond acceptors (Lipinski definition) is 1. The van der Waals surface area contributed by atoms with Crippen LogP contribution >= 0.6 is 0 Å². The Labute approximate surface area is 100 Å². The molecule has 1 aromatic heterocycles. The summed E-state index contributed by atoms with van der Waals surface area (Å²) >= 11 is 0. The highest BCUT2D eigenvalue weighted by atomic mass is 19.4. The monoisotopic (exact) mass is 261 g/mol. The van der Waals surface area contributed by atoms with Crippen molar-refractivity contribution in [3.8, 4) is 0 Å². The van der Waals surface area contributed by atoms with Crippen LogP contribution in [-0.2, 0) is 12.7 Å². The predicted octanol–water partition coefficient (Wildman–Crippen LogP) is 3.18. The van der Waals surface area contributed by atoms with Gasteiger partial charge >= 0.3 is 6.18 Å². The Balaban J connectivity index is 2.65. The smallest absolute Gasteiger partial charge is 0.392 e. The van der Waals surface area contributed by atoms with Gasteiger partial charge < -0.3 is 9.67 Å². The predicted molar refractivity (Wildman–Crippen MR) is 58.6 cm³/mol. The fraction of sp³-hybridized carbons (Fsp3) is 0.333. The number of aliphatic hydroxyl groups excluding tert-OH is 1. The quantitative estimate of drug-likeness (QED) is 0.825. The van der Waals surface area contributed by atoms with Gasteiger partial charge in [0.1, 0.15) is 11.4 Å². The molecule has 0 saturated heterocycles. The molecule has 18 heavy (non-hydrogen) atoms. The van der Waals surface area contributed by atoms with Gasteiger partial charge in [-0.2, -0.15) is 13.2 Å². The summed E-state index contributed by atoms with van der Waals surface area (Å²) in [4.78, 5) is 0. The van der Waals surface area contributed by atoms with Crippen molar-refractivity contribution in [2.24, 2.45) is 0 Å². The molecule has 1 aromatic carbocycles. The van der Waals surface area contributed by atoms with Crippen LogP contribution < -0.4 is 0 Å². The number of hydrogen-bond donors (Lipinski definition) is 1. The third-order valence-corrected chi connectivity index (χ3v) is 2.65. The first kappa shape index (κ1) is 12.9. The van der Waals surface area contributed by atoms with Gasteiger partial charge in [-0.05, 0) is 25.1 Å². The van der Waals surface area contributed by atoms with E-state index in [1.165, 1.54) is 29.8 Å². The summed E-state index contributed by atoms with van der Waals surface area (Å²) in [6.07, 6.45) is -4.02. The van der Waals surface area contributed by atoms with Crippen molar-refractivity contribution in [1.82, 2.24) is 4.57 Å². The Kier molecular flexibility index (Phi) is 3.06. The molecule has 1 N–H and O–H groups in total. The summed E-state index contributed by atoms with van der Waals surface area (Å²) in [6.45, 7) is 1.69. The lowest BCUT2D eigenvalue weighted by Gasteiger charge is -2.11. The lowest BCUT2D eigenvalue weighted by Crippen LogP contribution is -2.12. The van der Waals surface area contributed by atoms with E-state index in [1.807, 2.05) is 0 Å². The second-order valence-corrected chi connectivity index (χ2v) is 4.17. The molecule has 1 atom stereocenters. The van der Waals surface area contributed by atoms with Crippen molar-refractivity contribution in [1.29, 1.82) is 0 Å². The Bertz CT molecular complexity index is 571. The highest BCUT2D eigenvalue weighted by Gasteiger charge is 2.36. The lowest BCUT2D eigenvalue weighted by molar-refractivity contribution is -0.138. The number of rotatable bonds is 2. The topological polar surface area (TPSA) is 25.2 Å². The van der Waals surface area contributed by atoms with Crippen molar-refractivity contribution in [3.63, 3.8) is 0 Å². The summed E-state index contributed by atoms with van der Waals surface area (Å²) in [5.41, 5.74) is -1.01. The van der Waals surface area contributed by atoms with E-state index >= 15 is 0 Å². The van der Waals surface area contributed by atoms with Gasteiger partial charge in [0.05, 0.1) is 6.10 Å². The van der Waals surface area contributed by atoms with Crippen molar-refractivity contribution in [2.45, 2.75) is 25.7 Å². The molecule has 98 valence electrons. The van der Waals surface area contributed by atoms with E-state index < -0.39 is 23.7 Å². The zero-order valence-corrected chi connectivity index (χ0v) is 9.50. The van der Waals surface area contributed by atoms with E-state index in [4.69, 9.17) is 0 Å². The SMILES string of the molecule is C[C@@H](O)Cn1ccc2c(C(F)(F)F)c(F)ccc21. The Morgan fingerprint density at radius 3 is 2.50 bits per heavy atom. The van der Waals surface area contributed by atoms with Crippen LogP contribution in [0.1, 0.15) is 12.5 Å². The zero-order chi connectivity index (χ0) is 13.5. The Hall–Kier alpha value is -1.56. The molecular formula is C12H11F4NO. The van der Waals surface area contributed by atoms with E-state index in [2.05, 4.69) is 0 Å². The van der Waals surface area contributed by atoms with Gasteiger partial charge in [-0.3, -0.25) is 0 Å². The van der Waals surface area contributed by atoms with Gasteiger partial charge in [0, 0.05) is 23.6 Å². The minimum absolute atomic E-state index is 0.159. The molecule has 1 heterocycles. The van der Waals surface area contributed by atoms with Gasteiger partial charge in [-0.25, -0.2) is 4.39 Å². The largest absolute Gasteiger partial charge is 0.419 e. The first-order valence-electron chi connectivity index (χ1n) is 5.33. The van der Waals surface area contributed by atoms with Gasteiger partial charge in [0.2, 0.25) is 0 Å². The van der Waals surface area contributed by atoms with Crippen LogP contribution in [0.15, 0.2) is 24.4 Å². The highest BCUT2D eigenvalue weighted by Crippen LogP contribution is 2.37. The number of halogens is 4. The summed E-state index contributed by atoms with van der Waals surface area (Å²) in [5, 5.41) is 9.06. The standard InChI is InChI=1S/C12H11F4NO/c1-7(18)6-17-5-4-8-10(17)3-2-9(13)11(8)12(14,15)16/h2-5,7,18H,6H2,1H3/t7-/m1/s1. The summed E-state index contributed by atoms with van der Waals surface area (Å²) in [6, 6.07) is 3.29. The molecule has 0 aliphatic heterocycles. The lowest BCUT2D eigenvalue weighted by atomic mass is 10.1. The van der Waals surface area contributed by atoms with Crippen molar-refractivity contribution < 1.29 is 22.7 Å². The molecule has 0 aliphatic carbocycles. The fourth-order valence-corrected chi connectivity index (χ4v) is 1.98. The van der Waals surface area contributed by atoms with Crippen LogP contribution in [0.25, 0.3) is 10.9 Å². The molecule has 2 rings (SSSR count). The molecule has 0 bridgehead atoms. The highest BCUT2D eigenvalue weighted by molar-refractivity contribution is 5.84. The van der Waals surface area contributed by atoms with Crippen molar-refractivity contribution >= 4 is 10.9 Å². The average molecular weight is 261 g/mol. The van der Waals surface area contributed by atoms with E-state index in [0.717, 1.165) is 6.07 Å². The van der Waals surface area contributed by atoms with Crippen LogP contribution in [0.5, 0.6) is 0 Å². The number of benzene rings is 1. The van der Waals surface area contributed by atoms with Gasteiger partial charge in [0.15, 0.2) is 0 Å². The van der Waals surface area contributed by atoms with Gasteiger partial charge in [0.25, 0.3) is 0 Å². The normalized spacial score (nSPS) is 14.1. The number of fused-ring (bicyclic) bond motifs is 1. The van der Waals surface area contributed by atoms with Gasteiger partial charge in [-0.15, -0.1) is 0 Å². The van der Waals surface area contributed by atoms with E-state index in [9.17, 15) is 22.7 Å². The van der Waals surface area contributed by atoms with E-state index in [1.54, 1.807) is 0 Å². The maximum Gasteiger partial charge on any atom is 0.419 e. The molecule has 0 aliphatic rings. The number of aromatic nitrogens is 1. The third kappa shape index (κ3) is 2.20. The molecular weight excluding hydrogens is 250 g/mol. The minimum Gasteiger partial charge on any atom is -0.392 e. The second kappa shape index (κ2) is 4.28. The van der Waals surface area contributed by atoms with Crippen LogP contribution in [0, 0.1) is 5.82 Å². The molecule has 0 spiro atoms. The Morgan fingerprint density at radius 1 is 1.28 bits per heavy atom. The summed E-state index contributed by atoms with van der Waals surface area (Å²) < 4.78 is 53.0. The number of aliphatic hydroxyl groups is 1. The first-order valence-corrected chi connectivity index (χ1v) is 5.33. The van der Waals surface area contributed by atoms with E-state index in [-0.39, 0.29) is 17.4 Å². The van der Waals surface area contributed by atoms with Crippen LogP contribution in [-0.4, -0.2) is 15.8 Å². The molecule has 2 aromatic rings. The van der Waals surface area contributed by atoms with Gasteiger partial charge in [-0.1, -0.05) is 0 Å². The van der Waals surface area contributed by atoms with Crippen LogP contribution in [0.4, 0.5) is 17.6 Å². The molecule has 0 amide bonds. The summed E-state index contributed by atoms with van der Waals surface area (Å²) in [5.74, 6) is -1.29. The molecule has 0 saturated carbocycles. The molecule has 2 nitrogen and oxygen atoms in total. The van der Waals surface area contributed by atoms with Crippen LogP contribution in [0.2, 0.25) is 0 Å². The molecule has 0 radical (unpaired) electrons. The Morgan fingerprint density at radius 2 is 1.94 bits per heavy atom. The zero-order valence-electron chi connectivity index (χ0n) is 9.50. The number of alkyl halides is 3.